The number of para-hydroxylation sites is 1. The van der Waals surface area contributed by atoms with E-state index in [1.165, 1.54) is 6.07 Å². The molecule has 0 spiro atoms. The highest BCUT2D eigenvalue weighted by atomic mass is 32.2. The normalized spacial score (nSPS) is 22.0. The van der Waals surface area contributed by atoms with Gasteiger partial charge in [-0.1, -0.05) is 24.3 Å². The van der Waals surface area contributed by atoms with Crippen molar-refractivity contribution in [2.45, 2.75) is 37.8 Å². The number of anilines is 1. The van der Waals surface area contributed by atoms with Gasteiger partial charge in [0.25, 0.3) is 0 Å². The van der Waals surface area contributed by atoms with Gasteiger partial charge in [0.2, 0.25) is 0 Å². The third kappa shape index (κ3) is 6.70. The molecule has 2 amide bonds. The lowest BCUT2D eigenvalue weighted by Crippen LogP contribution is -2.42. The third-order valence-corrected chi connectivity index (χ3v) is 8.60. The average molecular weight is 603 g/mol. The number of rotatable bonds is 10. The molecular formula is C29H36F2N6O4S. The molecule has 1 aromatic heterocycles. The van der Waals surface area contributed by atoms with Gasteiger partial charge >= 0.3 is 6.03 Å². The van der Waals surface area contributed by atoms with E-state index in [1.54, 1.807) is 17.9 Å². The van der Waals surface area contributed by atoms with Gasteiger partial charge in [-0.05, 0) is 56.1 Å². The number of hydrogen-bond donors (Lipinski definition) is 3. The summed E-state index contributed by atoms with van der Waals surface area (Å²) < 4.78 is 55.8. The summed E-state index contributed by atoms with van der Waals surface area (Å²) in [6.07, 6.45) is 1.65. The zero-order chi connectivity index (χ0) is 29.8. The molecular weight excluding hydrogens is 566 g/mol. The number of nitrogens with zero attached hydrogens (tertiary/aromatic N) is 4. The Kier molecular flexibility index (Phi) is 9.63. The number of carbonyl (C=O) groups excluding carboxylic acids is 1. The van der Waals surface area contributed by atoms with E-state index < -0.39 is 28.7 Å². The summed E-state index contributed by atoms with van der Waals surface area (Å²) in [5.41, 5.74) is 2.86. The second-order valence-electron chi connectivity index (χ2n) is 10.8. The molecule has 2 aromatic carbocycles. The molecule has 2 saturated heterocycles. The molecule has 0 aliphatic carbocycles. The van der Waals surface area contributed by atoms with Crippen LogP contribution in [0.25, 0.3) is 5.69 Å². The monoisotopic (exact) mass is 602 g/mol. The van der Waals surface area contributed by atoms with Crippen LogP contribution in [0.15, 0.2) is 48.5 Å². The highest BCUT2D eigenvalue weighted by Gasteiger charge is 2.36. The van der Waals surface area contributed by atoms with E-state index in [-0.39, 0.29) is 23.9 Å². The van der Waals surface area contributed by atoms with Crippen molar-refractivity contribution in [3.05, 3.63) is 77.0 Å². The molecule has 1 unspecified atom stereocenters. The zero-order valence-electron chi connectivity index (χ0n) is 23.6. The first-order valence-electron chi connectivity index (χ1n) is 13.9. The van der Waals surface area contributed by atoms with Crippen molar-refractivity contribution >= 4 is 22.9 Å². The van der Waals surface area contributed by atoms with Gasteiger partial charge in [-0.25, -0.2) is 22.5 Å². The van der Waals surface area contributed by atoms with Gasteiger partial charge in [0, 0.05) is 38.2 Å². The van der Waals surface area contributed by atoms with Gasteiger partial charge in [0.1, 0.15) is 11.7 Å². The van der Waals surface area contributed by atoms with Crippen molar-refractivity contribution in [1.29, 1.82) is 0 Å². The maximum atomic E-state index is 14.1. The second kappa shape index (κ2) is 13.4. The van der Waals surface area contributed by atoms with Crippen LogP contribution in [0, 0.1) is 18.6 Å². The summed E-state index contributed by atoms with van der Waals surface area (Å²) in [7, 11) is 1.62. The van der Waals surface area contributed by atoms with E-state index in [1.807, 2.05) is 42.2 Å². The van der Waals surface area contributed by atoms with E-state index >= 15 is 0 Å². The number of hydrogen-bond acceptors (Lipinski definition) is 6. The molecule has 2 fully saturated rings. The first-order valence-corrected chi connectivity index (χ1v) is 15.2. The summed E-state index contributed by atoms with van der Waals surface area (Å²) in [4.78, 5) is 17.6. The Bertz CT molecular complexity index is 1420. The highest BCUT2D eigenvalue weighted by molar-refractivity contribution is 7.79. The van der Waals surface area contributed by atoms with Gasteiger partial charge < -0.3 is 14.6 Å². The van der Waals surface area contributed by atoms with Crippen LogP contribution in [-0.4, -0.2) is 86.2 Å². The predicted molar refractivity (Wildman–Crippen MR) is 156 cm³/mol. The number of benzene rings is 2. The largest absolute Gasteiger partial charge is 0.383 e. The number of amides is 2. The van der Waals surface area contributed by atoms with Crippen molar-refractivity contribution < 1.29 is 27.1 Å². The van der Waals surface area contributed by atoms with Crippen LogP contribution in [0.5, 0.6) is 0 Å². The molecule has 2 aliphatic rings. The minimum absolute atomic E-state index is 0.0260. The molecule has 3 heterocycles. The minimum atomic E-state index is -1.98. The topological polar surface area (TPSA) is 112 Å². The fourth-order valence-electron chi connectivity index (χ4n) is 5.99. The molecule has 226 valence electrons. The molecule has 4 atom stereocenters. The van der Waals surface area contributed by atoms with E-state index in [0.29, 0.717) is 44.2 Å². The minimum Gasteiger partial charge on any atom is -0.383 e. The van der Waals surface area contributed by atoms with Gasteiger partial charge in [-0.2, -0.15) is 5.10 Å². The van der Waals surface area contributed by atoms with E-state index in [4.69, 9.17) is 9.84 Å². The van der Waals surface area contributed by atoms with Crippen molar-refractivity contribution in [2.75, 3.05) is 51.1 Å². The average Bonchev–Trinajstić information content (AvgIpc) is 3.67. The molecule has 0 bridgehead atoms. The summed E-state index contributed by atoms with van der Waals surface area (Å²) in [6, 6.07) is 12.3. The maximum absolute atomic E-state index is 14.1. The molecule has 3 N–H and O–H groups in total. The van der Waals surface area contributed by atoms with Crippen molar-refractivity contribution in [3.63, 3.8) is 0 Å². The van der Waals surface area contributed by atoms with Crippen LogP contribution in [0.4, 0.5) is 19.4 Å². The Labute approximate surface area is 246 Å². The lowest BCUT2D eigenvalue weighted by atomic mass is 9.94. The number of halogens is 2. The van der Waals surface area contributed by atoms with Crippen LogP contribution < -0.4 is 10.6 Å². The third-order valence-electron chi connectivity index (χ3n) is 8.04. The lowest BCUT2D eigenvalue weighted by Gasteiger charge is -2.22. The lowest BCUT2D eigenvalue weighted by molar-refractivity contribution is 0.159. The number of urea groups is 1. The zero-order valence-corrected chi connectivity index (χ0v) is 24.4. The van der Waals surface area contributed by atoms with Crippen LogP contribution in [-0.2, 0) is 15.8 Å². The fourth-order valence-corrected chi connectivity index (χ4v) is 6.58. The Morgan fingerprint density at radius 2 is 1.95 bits per heavy atom. The Balaban J connectivity index is 1.41. The maximum Gasteiger partial charge on any atom is 0.320 e. The van der Waals surface area contributed by atoms with Gasteiger partial charge in [0.05, 0.1) is 30.1 Å². The predicted octanol–water partition coefficient (Wildman–Crippen LogP) is 4.01. The van der Waals surface area contributed by atoms with Crippen LogP contribution in [0.3, 0.4) is 0 Å². The number of ether oxygens (including phenoxy) is 1. The summed E-state index contributed by atoms with van der Waals surface area (Å²) in [5.74, 6) is -1.58. The van der Waals surface area contributed by atoms with Crippen molar-refractivity contribution in [1.82, 2.24) is 24.9 Å². The summed E-state index contributed by atoms with van der Waals surface area (Å²) >= 11 is -1.98. The van der Waals surface area contributed by atoms with E-state index in [2.05, 4.69) is 15.5 Å². The SMILES string of the molecule is COCCN1C[C@@H](NC(=O)Nc2c(C)c([C@H]3CCCN3CS(=O)O)nn2-c2ccccc2)[C@H](c2ccc(F)c(F)c2)C1. The smallest absolute Gasteiger partial charge is 0.320 e. The molecule has 5 rings (SSSR count). The molecule has 13 heteroatoms. The van der Waals surface area contributed by atoms with Gasteiger partial charge in [-0.3, -0.25) is 15.1 Å². The molecule has 10 nitrogen and oxygen atoms in total. The molecule has 2 aliphatic heterocycles. The first-order chi connectivity index (χ1) is 20.2. The van der Waals surface area contributed by atoms with Crippen molar-refractivity contribution in [3.8, 4) is 5.69 Å². The van der Waals surface area contributed by atoms with E-state index in [9.17, 15) is 22.3 Å². The van der Waals surface area contributed by atoms with Crippen LogP contribution >= 0.6 is 0 Å². The number of methoxy groups -OCH3 is 1. The van der Waals surface area contributed by atoms with E-state index in [0.717, 1.165) is 35.9 Å². The number of aromatic nitrogens is 2. The van der Waals surface area contributed by atoms with Crippen LogP contribution in [0.2, 0.25) is 0 Å². The summed E-state index contributed by atoms with van der Waals surface area (Å²) in [5, 5.41) is 10.9. The molecule has 0 radical (unpaired) electrons. The Morgan fingerprint density at radius 1 is 1.17 bits per heavy atom. The Morgan fingerprint density at radius 3 is 2.67 bits per heavy atom. The standard InChI is InChI=1S/C29H36F2N6O4S/c1-19-27(26-9-6-12-36(26)18-42(39)40)34-37(21-7-4-3-5-8-21)28(19)33-29(38)32-25-17-35(13-14-41-2)16-22(25)20-10-11-23(30)24(31)15-20/h3-5,7-8,10-11,15,22,25-26H,6,9,12-14,16-18H2,1-2H3,(H,39,40)(H2,32,33,38)/t22-,25+,26+/m0/s1. The van der Waals surface area contributed by atoms with Gasteiger partial charge in [0.15, 0.2) is 22.7 Å². The van der Waals surface area contributed by atoms with Crippen molar-refractivity contribution in [2.24, 2.45) is 0 Å². The second-order valence-corrected chi connectivity index (χ2v) is 11.7. The van der Waals surface area contributed by atoms with Gasteiger partial charge in [-0.15, -0.1) is 0 Å². The number of nitrogens with one attached hydrogen (secondary N) is 2. The first kappa shape index (κ1) is 30.2. The molecule has 42 heavy (non-hydrogen) atoms. The highest BCUT2D eigenvalue weighted by Crippen LogP contribution is 2.36. The number of likely N-dealkylation sites (tertiary alicyclic amines) is 2. The molecule has 0 saturated carbocycles. The number of carbonyl (C=O) groups is 1. The molecule has 3 aromatic rings. The van der Waals surface area contributed by atoms with Crippen LogP contribution in [0.1, 0.15) is 41.6 Å². The fraction of sp³-hybridized carbons (Fsp3) is 0.448. The summed E-state index contributed by atoms with van der Waals surface area (Å²) in [6.45, 7) is 4.77. The quantitative estimate of drug-likeness (QED) is 0.301. The Hall–Kier alpha value is -3.23.